The molecule has 0 bridgehead atoms. The minimum atomic E-state index is 0.979. The van der Waals surface area contributed by atoms with Crippen LogP contribution in [0.25, 0.3) is 0 Å². The van der Waals surface area contributed by atoms with Crippen molar-refractivity contribution in [3.63, 3.8) is 0 Å². The Hall–Kier alpha value is -0.120. The average molecular weight is 497 g/mol. The van der Waals surface area contributed by atoms with E-state index in [9.17, 15) is 0 Å². The van der Waals surface area contributed by atoms with Crippen LogP contribution in [0.1, 0.15) is 182 Å². The van der Waals surface area contributed by atoms with Gasteiger partial charge in [0.05, 0.1) is 0 Å². The number of hydrogen-bond acceptors (Lipinski definition) is 3. The Bertz CT molecular complexity index is 343. The Morgan fingerprint density at radius 1 is 0.314 bits per heavy atom. The van der Waals surface area contributed by atoms with Crippen LogP contribution in [-0.4, -0.2) is 36.3 Å². The molecule has 0 radical (unpaired) electrons. The SMILES string of the molecule is CCCCCCCCCCCCCCN(CC)ON(CC)CCCCCCCCCCCCCC. The van der Waals surface area contributed by atoms with Crippen molar-refractivity contribution in [3.05, 3.63) is 0 Å². The summed E-state index contributed by atoms with van der Waals surface area (Å²) in [6, 6.07) is 0. The van der Waals surface area contributed by atoms with Gasteiger partial charge in [0.15, 0.2) is 0 Å². The zero-order valence-electron chi connectivity index (χ0n) is 25.1. The molecule has 0 aliphatic rings. The fourth-order valence-electron chi connectivity index (χ4n) is 4.93. The van der Waals surface area contributed by atoms with Crippen molar-refractivity contribution < 1.29 is 4.94 Å². The summed E-state index contributed by atoms with van der Waals surface area (Å²) >= 11 is 0. The molecule has 212 valence electrons. The van der Waals surface area contributed by atoms with Crippen molar-refractivity contribution in [2.75, 3.05) is 26.2 Å². The van der Waals surface area contributed by atoms with Gasteiger partial charge in [0.25, 0.3) is 0 Å². The lowest BCUT2D eigenvalue weighted by molar-refractivity contribution is -0.323. The molecule has 0 saturated heterocycles. The molecule has 0 aliphatic carbocycles. The number of unbranched alkanes of at least 4 members (excludes halogenated alkanes) is 22. The third kappa shape index (κ3) is 26.7. The Morgan fingerprint density at radius 2 is 0.543 bits per heavy atom. The van der Waals surface area contributed by atoms with E-state index in [1.807, 2.05) is 0 Å². The quantitative estimate of drug-likeness (QED) is 0.0726. The van der Waals surface area contributed by atoms with Crippen molar-refractivity contribution in [1.82, 2.24) is 10.1 Å². The van der Waals surface area contributed by atoms with E-state index in [0.29, 0.717) is 0 Å². The second-order valence-corrected chi connectivity index (χ2v) is 10.9. The van der Waals surface area contributed by atoms with Crippen molar-refractivity contribution in [1.29, 1.82) is 0 Å². The zero-order chi connectivity index (χ0) is 25.7. The molecule has 0 aromatic rings. The van der Waals surface area contributed by atoms with Gasteiger partial charge >= 0.3 is 0 Å². The summed E-state index contributed by atoms with van der Waals surface area (Å²) in [5.74, 6) is 0. The lowest BCUT2D eigenvalue weighted by Crippen LogP contribution is -2.36. The van der Waals surface area contributed by atoms with Crippen molar-refractivity contribution in [3.8, 4) is 0 Å². The number of nitrogens with zero attached hydrogens (tertiary/aromatic N) is 2. The summed E-state index contributed by atoms with van der Waals surface area (Å²) in [5, 5.41) is 4.36. The van der Waals surface area contributed by atoms with E-state index >= 15 is 0 Å². The average Bonchev–Trinajstić information content (AvgIpc) is 2.88. The number of rotatable bonds is 30. The van der Waals surface area contributed by atoms with Gasteiger partial charge in [0, 0.05) is 26.2 Å². The highest BCUT2D eigenvalue weighted by Gasteiger charge is 2.09. The first-order valence-corrected chi connectivity index (χ1v) is 16.5. The predicted octanol–water partition coefficient (Wildman–Crippen LogP) is 10.9. The molecule has 35 heavy (non-hydrogen) atoms. The molecule has 0 aromatic carbocycles. The normalized spacial score (nSPS) is 11.8. The molecule has 0 aliphatic heterocycles. The molecule has 0 spiro atoms. The Balaban J connectivity index is 3.55. The first-order valence-electron chi connectivity index (χ1n) is 16.5. The maximum atomic E-state index is 6.22. The van der Waals surface area contributed by atoms with Crippen LogP contribution in [0.5, 0.6) is 0 Å². The minimum Gasteiger partial charge on any atom is -0.208 e. The summed E-state index contributed by atoms with van der Waals surface area (Å²) in [6.07, 6.45) is 33.8. The van der Waals surface area contributed by atoms with Crippen LogP contribution in [0.2, 0.25) is 0 Å². The maximum absolute atomic E-state index is 6.22. The first kappa shape index (κ1) is 34.9. The third-order valence-electron chi connectivity index (χ3n) is 7.46. The third-order valence-corrected chi connectivity index (χ3v) is 7.46. The van der Waals surface area contributed by atoms with Crippen molar-refractivity contribution in [2.24, 2.45) is 0 Å². The van der Waals surface area contributed by atoms with E-state index < -0.39 is 0 Å². The molecule has 0 amide bonds. The summed E-state index contributed by atoms with van der Waals surface area (Å²) in [5.41, 5.74) is 0. The molecule has 0 atom stereocenters. The molecule has 0 fully saturated rings. The Morgan fingerprint density at radius 3 is 0.771 bits per heavy atom. The molecule has 0 unspecified atom stereocenters. The number of hydroxylamine groups is 4. The fraction of sp³-hybridized carbons (Fsp3) is 1.00. The van der Waals surface area contributed by atoms with Gasteiger partial charge in [-0.25, -0.2) is 4.94 Å². The van der Waals surface area contributed by atoms with Gasteiger partial charge < -0.3 is 0 Å². The van der Waals surface area contributed by atoms with E-state index in [0.717, 1.165) is 26.2 Å². The van der Waals surface area contributed by atoms with Gasteiger partial charge in [0.1, 0.15) is 0 Å². The molecular formula is C32H68N2O. The van der Waals surface area contributed by atoms with Crippen LogP contribution in [-0.2, 0) is 4.94 Å². The van der Waals surface area contributed by atoms with Crippen molar-refractivity contribution >= 4 is 0 Å². The molecule has 0 rings (SSSR count). The highest BCUT2D eigenvalue weighted by atomic mass is 16.8. The molecule has 0 aromatic heterocycles. The Labute approximate surface area is 223 Å². The van der Waals surface area contributed by atoms with E-state index in [-0.39, 0.29) is 0 Å². The van der Waals surface area contributed by atoms with E-state index in [4.69, 9.17) is 4.94 Å². The van der Waals surface area contributed by atoms with Gasteiger partial charge in [-0.1, -0.05) is 169 Å². The van der Waals surface area contributed by atoms with Gasteiger partial charge in [-0.2, -0.15) is 10.1 Å². The number of hydrogen-bond donors (Lipinski definition) is 0. The smallest absolute Gasteiger partial charge is 0.0259 e. The lowest BCUT2D eigenvalue weighted by atomic mass is 10.1. The Kier molecular flexibility index (Phi) is 30.0. The molecule has 3 heteroatoms. The molecule has 0 heterocycles. The van der Waals surface area contributed by atoms with Crippen LogP contribution in [0.15, 0.2) is 0 Å². The van der Waals surface area contributed by atoms with Crippen LogP contribution < -0.4 is 0 Å². The molecule has 0 N–H and O–H groups in total. The summed E-state index contributed by atoms with van der Waals surface area (Å²) in [7, 11) is 0. The topological polar surface area (TPSA) is 15.7 Å². The largest absolute Gasteiger partial charge is 0.208 e. The molecule has 0 saturated carbocycles. The minimum absolute atomic E-state index is 0.979. The first-order chi connectivity index (χ1) is 17.3. The van der Waals surface area contributed by atoms with Gasteiger partial charge in [-0.3, -0.25) is 0 Å². The second kappa shape index (κ2) is 30.1. The second-order valence-electron chi connectivity index (χ2n) is 10.9. The highest BCUT2D eigenvalue weighted by Crippen LogP contribution is 2.14. The summed E-state index contributed by atoms with van der Waals surface area (Å²) < 4.78 is 0. The van der Waals surface area contributed by atoms with Gasteiger partial charge in [-0.15, -0.1) is 0 Å². The molecule has 3 nitrogen and oxygen atoms in total. The van der Waals surface area contributed by atoms with E-state index in [1.165, 1.54) is 154 Å². The molecular weight excluding hydrogens is 428 g/mol. The lowest BCUT2D eigenvalue weighted by Gasteiger charge is -2.27. The van der Waals surface area contributed by atoms with Gasteiger partial charge in [0.2, 0.25) is 0 Å². The van der Waals surface area contributed by atoms with E-state index in [1.54, 1.807) is 0 Å². The fourth-order valence-corrected chi connectivity index (χ4v) is 4.93. The van der Waals surface area contributed by atoms with Crippen LogP contribution in [0.4, 0.5) is 0 Å². The zero-order valence-corrected chi connectivity index (χ0v) is 25.1. The van der Waals surface area contributed by atoms with Crippen LogP contribution in [0.3, 0.4) is 0 Å². The van der Waals surface area contributed by atoms with Crippen LogP contribution in [0, 0.1) is 0 Å². The van der Waals surface area contributed by atoms with E-state index in [2.05, 4.69) is 37.8 Å². The van der Waals surface area contributed by atoms with Crippen LogP contribution >= 0.6 is 0 Å². The maximum Gasteiger partial charge on any atom is 0.0259 e. The standard InChI is InChI=1S/C32H68N2O/c1-5-9-11-13-15-17-19-21-23-25-27-29-31-33(7-3)35-34(8-4)32-30-28-26-24-22-20-18-16-14-12-10-6-2/h5-32H2,1-4H3. The summed E-state index contributed by atoms with van der Waals surface area (Å²) in [4.78, 5) is 6.22. The monoisotopic (exact) mass is 497 g/mol. The summed E-state index contributed by atoms with van der Waals surface area (Å²) in [6.45, 7) is 13.1. The highest BCUT2D eigenvalue weighted by molar-refractivity contribution is 4.52. The van der Waals surface area contributed by atoms with Gasteiger partial charge in [-0.05, 0) is 12.8 Å². The van der Waals surface area contributed by atoms with Crippen molar-refractivity contribution in [2.45, 2.75) is 182 Å². The predicted molar refractivity (Wildman–Crippen MR) is 158 cm³/mol.